The Morgan fingerprint density at radius 3 is 2.62 bits per heavy atom. The fourth-order valence-electron chi connectivity index (χ4n) is 5.20. The summed E-state index contributed by atoms with van der Waals surface area (Å²) in [6.07, 6.45) is 10.0. The number of fused-ring (bicyclic) bond motifs is 3. The Morgan fingerprint density at radius 2 is 1.82 bits per heavy atom. The van der Waals surface area contributed by atoms with E-state index in [0.29, 0.717) is 18.2 Å². The fraction of sp³-hybridized carbons (Fsp3) is 0.393. The lowest BCUT2D eigenvalue weighted by molar-refractivity contribution is -0.115. The summed E-state index contributed by atoms with van der Waals surface area (Å²) >= 11 is 3.44. The number of aryl methyl sites for hydroxylation is 3. The number of hydrogen-bond acceptors (Lipinski definition) is 3. The van der Waals surface area contributed by atoms with Gasteiger partial charge in [-0.25, -0.2) is 14.4 Å². The third-order valence-corrected chi connectivity index (χ3v) is 7.57. The summed E-state index contributed by atoms with van der Waals surface area (Å²) in [5, 5.41) is 3.06. The molecule has 1 heterocycles. The van der Waals surface area contributed by atoms with Gasteiger partial charge in [0.1, 0.15) is 5.82 Å². The quantitative estimate of drug-likeness (QED) is 0.386. The van der Waals surface area contributed by atoms with Crippen molar-refractivity contribution in [2.45, 2.75) is 64.2 Å². The smallest absolute Gasteiger partial charge is 0.229 e. The van der Waals surface area contributed by atoms with Crippen molar-refractivity contribution in [2.24, 2.45) is 5.92 Å². The Labute approximate surface area is 208 Å². The van der Waals surface area contributed by atoms with Crippen LogP contribution in [0.5, 0.6) is 0 Å². The van der Waals surface area contributed by atoms with Gasteiger partial charge in [-0.05, 0) is 73.1 Å². The van der Waals surface area contributed by atoms with Gasteiger partial charge >= 0.3 is 0 Å². The second-order valence-electron chi connectivity index (χ2n) is 9.51. The van der Waals surface area contributed by atoms with E-state index in [2.05, 4.69) is 21.2 Å². The van der Waals surface area contributed by atoms with E-state index in [1.54, 1.807) is 6.07 Å². The Hall–Kier alpha value is -2.60. The third kappa shape index (κ3) is 5.38. The maximum atomic E-state index is 13.8. The molecular weight excluding hydrogens is 493 g/mol. The molecular formula is C28H29BrFN3O. The van der Waals surface area contributed by atoms with Crippen molar-refractivity contribution < 1.29 is 9.18 Å². The molecule has 6 heteroatoms. The van der Waals surface area contributed by atoms with Crippen LogP contribution in [0.3, 0.4) is 0 Å². The number of nitrogens with one attached hydrogen (secondary N) is 1. The molecule has 4 nitrogen and oxygen atoms in total. The molecule has 0 atom stereocenters. The molecule has 1 N–H and O–H groups in total. The van der Waals surface area contributed by atoms with E-state index < -0.39 is 0 Å². The Morgan fingerprint density at radius 1 is 1.03 bits per heavy atom. The molecule has 1 amide bonds. The van der Waals surface area contributed by atoms with Gasteiger partial charge in [-0.2, -0.15) is 0 Å². The van der Waals surface area contributed by atoms with Crippen LogP contribution >= 0.6 is 15.9 Å². The fourth-order valence-corrected chi connectivity index (χ4v) is 5.47. The monoisotopic (exact) mass is 521 g/mol. The Kier molecular flexibility index (Phi) is 7.05. The minimum Gasteiger partial charge on any atom is -0.309 e. The molecule has 1 aromatic heterocycles. The number of amides is 1. The van der Waals surface area contributed by atoms with Crippen molar-refractivity contribution in [1.82, 2.24) is 9.97 Å². The highest BCUT2D eigenvalue weighted by atomic mass is 79.9. The average Bonchev–Trinajstić information content (AvgIpc) is 2.84. The summed E-state index contributed by atoms with van der Waals surface area (Å²) in [6, 6.07) is 12.7. The van der Waals surface area contributed by atoms with Crippen LogP contribution in [-0.4, -0.2) is 15.9 Å². The SMILES string of the molecule is O=C(Cc1ccc(Br)cc1)Nc1nc2c(nc1CCC1CCCCC1)-c1ccc(F)cc1CC2. The van der Waals surface area contributed by atoms with Crippen LogP contribution in [0, 0.1) is 11.7 Å². The lowest BCUT2D eigenvalue weighted by Gasteiger charge is -2.23. The van der Waals surface area contributed by atoms with E-state index in [1.165, 1.54) is 38.2 Å². The number of benzene rings is 2. The zero-order valence-corrected chi connectivity index (χ0v) is 20.8. The number of aromatic nitrogens is 2. The Balaban J connectivity index is 1.42. The summed E-state index contributed by atoms with van der Waals surface area (Å²) < 4.78 is 14.8. The van der Waals surface area contributed by atoms with Crippen LogP contribution in [0.25, 0.3) is 11.3 Å². The molecule has 0 bridgehead atoms. The predicted molar refractivity (Wildman–Crippen MR) is 136 cm³/mol. The number of anilines is 1. The van der Waals surface area contributed by atoms with Crippen LogP contribution in [0.4, 0.5) is 10.2 Å². The lowest BCUT2D eigenvalue weighted by Crippen LogP contribution is -2.20. The zero-order valence-electron chi connectivity index (χ0n) is 19.2. The number of halogens is 2. The first-order chi connectivity index (χ1) is 16.5. The van der Waals surface area contributed by atoms with Gasteiger partial charge in [-0.15, -0.1) is 0 Å². The van der Waals surface area contributed by atoms with Crippen LogP contribution in [0.2, 0.25) is 0 Å². The van der Waals surface area contributed by atoms with Gasteiger partial charge in [-0.1, -0.05) is 60.2 Å². The maximum absolute atomic E-state index is 13.8. The minimum absolute atomic E-state index is 0.0891. The van der Waals surface area contributed by atoms with E-state index in [4.69, 9.17) is 9.97 Å². The van der Waals surface area contributed by atoms with E-state index in [-0.39, 0.29) is 18.1 Å². The molecule has 3 aromatic rings. The van der Waals surface area contributed by atoms with Crippen molar-refractivity contribution in [2.75, 3.05) is 5.32 Å². The third-order valence-electron chi connectivity index (χ3n) is 7.04. The van der Waals surface area contributed by atoms with Gasteiger partial charge in [0.25, 0.3) is 0 Å². The summed E-state index contributed by atoms with van der Waals surface area (Å²) in [5.74, 6) is 0.986. The summed E-state index contributed by atoms with van der Waals surface area (Å²) in [7, 11) is 0. The van der Waals surface area contributed by atoms with Gasteiger partial charge < -0.3 is 5.32 Å². The molecule has 2 aliphatic carbocycles. The highest BCUT2D eigenvalue weighted by Gasteiger charge is 2.24. The molecule has 2 aliphatic rings. The summed E-state index contributed by atoms with van der Waals surface area (Å²) in [4.78, 5) is 22.8. The van der Waals surface area contributed by atoms with Gasteiger partial charge in [0.05, 0.1) is 23.5 Å². The molecule has 0 unspecified atom stereocenters. The Bertz CT molecular complexity index is 1190. The van der Waals surface area contributed by atoms with Gasteiger partial charge in [0.15, 0.2) is 5.82 Å². The van der Waals surface area contributed by atoms with Crippen LogP contribution in [-0.2, 0) is 30.5 Å². The maximum Gasteiger partial charge on any atom is 0.229 e. The van der Waals surface area contributed by atoms with Gasteiger partial charge in [0, 0.05) is 10.0 Å². The topological polar surface area (TPSA) is 54.9 Å². The largest absolute Gasteiger partial charge is 0.309 e. The van der Waals surface area contributed by atoms with E-state index >= 15 is 0 Å². The summed E-state index contributed by atoms with van der Waals surface area (Å²) in [6.45, 7) is 0. The molecule has 1 saturated carbocycles. The molecule has 2 aromatic carbocycles. The molecule has 0 spiro atoms. The highest BCUT2D eigenvalue weighted by molar-refractivity contribution is 9.10. The first-order valence-electron chi connectivity index (χ1n) is 12.3. The molecule has 0 aliphatic heterocycles. The highest BCUT2D eigenvalue weighted by Crippen LogP contribution is 2.34. The zero-order chi connectivity index (χ0) is 23.5. The second-order valence-corrected chi connectivity index (χ2v) is 10.4. The molecule has 1 fully saturated rings. The number of carbonyl (C=O) groups excluding carboxylic acids is 1. The van der Waals surface area contributed by atoms with Crippen molar-refractivity contribution in [1.29, 1.82) is 0 Å². The normalized spacial score (nSPS) is 15.5. The first-order valence-corrected chi connectivity index (χ1v) is 13.1. The number of nitrogens with zero attached hydrogens (tertiary/aromatic N) is 2. The lowest BCUT2D eigenvalue weighted by atomic mass is 9.85. The second kappa shape index (κ2) is 10.3. The number of carbonyl (C=O) groups is 1. The van der Waals surface area contributed by atoms with Crippen molar-refractivity contribution >= 4 is 27.7 Å². The molecule has 34 heavy (non-hydrogen) atoms. The molecule has 5 rings (SSSR count). The summed E-state index contributed by atoms with van der Waals surface area (Å²) in [5.41, 5.74) is 5.44. The van der Waals surface area contributed by atoms with Gasteiger partial charge in [-0.3, -0.25) is 4.79 Å². The van der Waals surface area contributed by atoms with E-state index in [0.717, 1.165) is 57.5 Å². The standard InChI is InChI=1S/C28H29BrFN3O/c29-21-10-6-19(7-11-21)16-26(34)33-28-25(14-8-18-4-2-1-3-5-18)31-27-23-13-12-22(30)17-20(23)9-15-24(27)32-28/h6-7,10-13,17-18H,1-5,8-9,14-16H2,(H,32,33,34). The number of hydrogen-bond donors (Lipinski definition) is 1. The van der Waals surface area contributed by atoms with Crippen LogP contribution < -0.4 is 5.32 Å². The molecule has 0 saturated heterocycles. The van der Waals surface area contributed by atoms with E-state index in [1.807, 2.05) is 30.3 Å². The average molecular weight is 522 g/mol. The van der Waals surface area contributed by atoms with Crippen LogP contribution in [0.15, 0.2) is 46.9 Å². The van der Waals surface area contributed by atoms with Crippen LogP contribution in [0.1, 0.15) is 61.0 Å². The minimum atomic E-state index is -0.218. The molecule has 0 radical (unpaired) electrons. The van der Waals surface area contributed by atoms with Gasteiger partial charge in [0.2, 0.25) is 5.91 Å². The van der Waals surface area contributed by atoms with Crippen molar-refractivity contribution in [3.8, 4) is 11.3 Å². The molecule has 176 valence electrons. The first kappa shape index (κ1) is 23.2. The van der Waals surface area contributed by atoms with E-state index in [9.17, 15) is 9.18 Å². The van der Waals surface area contributed by atoms with Crippen molar-refractivity contribution in [3.05, 3.63) is 75.3 Å². The van der Waals surface area contributed by atoms with Crippen molar-refractivity contribution in [3.63, 3.8) is 0 Å². The predicted octanol–water partition coefficient (Wildman–Crippen LogP) is 6.84. The number of rotatable bonds is 6.